The van der Waals surface area contributed by atoms with E-state index >= 15 is 0 Å². The lowest BCUT2D eigenvalue weighted by atomic mass is 9.99. The van der Waals surface area contributed by atoms with Gasteiger partial charge in [0.15, 0.2) is 0 Å². The minimum absolute atomic E-state index is 0.538. The lowest BCUT2D eigenvalue weighted by Gasteiger charge is -2.09. The van der Waals surface area contributed by atoms with E-state index < -0.39 is 0 Å². The van der Waals surface area contributed by atoms with Gasteiger partial charge in [0.2, 0.25) is 12.2 Å². The Kier molecular flexibility index (Phi) is 2.94. The van der Waals surface area contributed by atoms with Gasteiger partial charge in [-0.2, -0.15) is 9.98 Å². The maximum atomic E-state index is 10.7. The van der Waals surface area contributed by atoms with Crippen LogP contribution < -0.4 is 0 Å². The SMILES string of the molecule is O=C=Nc1c2ccccc2c(N=C=O)c2ccccc12. The Balaban J connectivity index is 2.68. The van der Waals surface area contributed by atoms with Gasteiger partial charge in [-0.05, 0) is 0 Å². The van der Waals surface area contributed by atoms with Crippen molar-refractivity contribution >= 4 is 45.1 Å². The van der Waals surface area contributed by atoms with E-state index in [0.717, 1.165) is 21.5 Å². The molecule has 94 valence electrons. The van der Waals surface area contributed by atoms with E-state index in [1.54, 1.807) is 12.2 Å². The van der Waals surface area contributed by atoms with Crippen LogP contribution in [0.4, 0.5) is 11.4 Å². The molecule has 4 nitrogen and oxygen atoms in total. The van der Waals surface area contributed by atoms with Crippen molar-refractivity contribution in [2.45, 2.75) is 0 Å². The van der Waals surface area contributed by atoms with Crippen molar-refractivity contribution in [2.75, 3.05) is 0 Å². The largest absolute Gasteiger partial charge is 0.240 e. The number of benzene rings is 3. The van der Waals surface area contributed by atoms with E-state index in [1.165, 1.54) is 0 Å². The Morgan fingerprint density at radius 1 is 0.600 bits per heavy atom. The van der Waals surface area contributed by atoms with E-state index in [0.29, 0.717) is 11.4 Å². The quantitative estimate of drug-likeness (QED) is 0.398. The summed E-state index contributed by atoms with van der Waals surface area (Å²) in [5, 5.41) is 3.01. The van der Waals surface area contributed by atoms with Crippen LogP contribution in [0.2, 0.25) is 0 Å². The van der Waals surface area contributed by atoms with Crippen molar-refractivity contribution in [1.82, 2.24) is 0 Å². The van der Waals surface area contributed by atoms with Crippen LogP contribution in [0.3, 0.4) is 0 Å². The van der Waals surface area contributed by atoms with Gasteiger partial charge >= 0.3 is 0 Å². The third-order valence-electron chi connectivity index (χ3n) is 3.19. The molecule has 0 N–H and O–H groups in total. The number of fused-ring (bicyclic) bond motifs is 2. The molecule has 0 saturated heterocycles. The second kappa shape index (κ2) is 4.90. The van der Waals surface area contributed by atoms with Crippen LogP contribution in [0.5, 0.6) is 0 Å². The van der Waals surface area contributed by atoms with Gasteiger partial charge in [-0.15, -0.1) is 0 Å². The highest BCUT2D eigenvalue weighted by Gasteiger charge is 2.12. The van der Waals surface area contributed by atoms with E-state index in [9.17, 15) is 9.59 Å². The van der Waals surface area contributed by atoms with Gasteiger partial charge in [-0.1, -0.05) is 48.5 Å². The molecule has 0 atom stereocenters. The second-order valence-corrected chi connectivity index (χ2v) is 4.19. The molecule has 0 aliphatic carbocycles. The summed E-state index contributed by atoms with van der Waals surface area (Å²) in [4.78, 5) is 29.0. The summed E-state index contributed by atoms with van der Waals surface area (Å²) in [6.07, 6.45) is 3.17. The lowest BCUT2D eigenvalue weighted by molar-refractivity contribution is 0.564. The third-order valence-corrected chi connectivity index (χ3v) is 3.19. The van der Waals surface area contributed by atoms with Crippen LogP contribution in [-0.4, -0.2) is 12.2 Å². The standard InChI is InChI=1S/C16H8N2O2/c19-9-17-15-11-5-1-2-6-12(11)16(18-10-20)14-8-4-3-7-13(14)15/h1-8H. The molecule has 0 aromatic heterocycles. The molecular formula is C16H8N2O2. The topological polar surface area (TPSA) is 58.9 Å². The Hall–Kier alpha value is -3.06. The van der Waals surface area contributed by atoms with Crippen molar-refractivity contribution in [2.24, 2.45) is 9.98 Å². The predicted octanol–water partition coefficient (Wildman–Crippen LogP) is 3.93. The smallest absolute Gasteiger partial charge is 0.211 e. The van der Waals surface area contributed by atoms with Crippen LogP contribution >= 0.6 is 0 Å². The first-order chi connectivity index (χ1) is 9.86. The van der Waals surface area contributed by atoms with Gasteiger partial charge in [0, 0.05) is 21.5 Å². The minimum Gasteiger partial charge on any atom is -0.211 e. The number of rotatable bonds is 2. The Morgan fingerprint density at radius 3 is 1.15 bits per heavy atom. The Morgan fingerprint density at radius 2 is 0.900 bits per heavy atom. The van der Waals surface area contributed by atoms with Gasteiger partial charge in [0.05, 0.1) is 11.4 Å². The molecule has 0 spiro atoms. The first kappa shape index (κ1) is 12.0. The molecule has 0 aliphatic rings. The van der Waals surface area contributed by atoms with E-state index in [2.05, 4.69) is 9.98 Å². The maximum absolute atomic E-state index is 10.7. The molecule has 0 amide bonds. The van der Waals surface area contributed by atoms with Crippen molar-refractivity contribution in [3.05, 3.63) is 48.5 Å². The lowest BCUT2D eigenvalue weighted by Crippen LogP contribution is -1.81. The van der Waals surface area contributed by atoms with Crippen LogP contribution in [0, 0.1) is 0 Å². The zero-order chi connectivity index (χ0) is 13.9. The summed E-state index contributed by atoms with van der Waals surface area (Å²) >= 11 is 0. The van der Waals surface area contributed by atoms with Gasteiger partial charge < -0.3 is 0 Å². The molecule has 20 heavy (non-hydrogen) atoms. The second-order valence-electron chi connectivity index (χ2n) is 4.19. The molecule has 0 aliphatic heterocycles. The molecule has 0 radical (unpaired) electrons. The molecule has 0 unspecified atom stereocenters. The third kappa shape index (κ3) is 1.73. The number of aliphatic imine (C=N–C) groups is 2. The minimum atomic E-state index is 0.538. The molecule has 4 heteroatoms. The van der Waals surface area contributed by atoms with E-state index in [-0.39, 0.29) is 0 Å². The first-order valence-electron chi connectivity index (χ1n) is 5.96. The van der Waals surface area contributed by atoms with E-state index in [4.69, 9.17) is 0 Å². The fourth-order valence-electron chi connectivity index (χ4n) is 2.41. The molecular weight excluding hydrogens is 252 g/mol. The van der Waals surface area contributed by atoms with Crippen molar-refractivity contribution in [3.63, 3.8) is 0 Å². The zero-order valence-electron chi connectivity index (χ0n) is 10.3. The fourth-order valence-corrected chi connectivity index (χ4v) is 2.41. The van der Waals surface area contributed by atoms with Gasteiger partial charge in [-0.3, -0.25) is 0 Å². The summed E-state index contributed by atoms with van der Waals surface area (Å²) in [5.74, 6) is 0. The van der Waals surface area contributed by atoms with Crippen molar-refractivity contribution in [1.29, 1.82) is 0 Å². The van der Waals surface area contributed by atoms with Crippen LogP contribution in [-0.2, 0) is 9.59 Å². The highest BCUT2D eigenvalue weighted by molar-refractivity contribution is 6.18. The van der Waals surface area contributed by atoms with Gasteiger partial charge in [-0.25, -0.2) is 9.59 Å². The Labute approximate surface area is 114 Å². The first-order valence-corrected chi connectivity index (χ1v) is 5.96. The molecule has 3 rings (SSSR count). The summed E-state index contributed by atoms with van der Waals surface area (Å²) < 4.78 is 0. The zero-order valence-corrected chi connectivity index (χ0v) is 10.3. The number of isocyanates is 2. The number of hydrogen-bond donors (Lipinski definition) is 0. The Bertz CT molecular complexity index is 785. The van der Waals surface area contributed by atoms with Crippen LogP contribution in [0.15, 0.2) is 58.5 Å². The average Bonchev–Trinajstić information content (AvgIpc) is 2.50. The number of carbonyl (C=O) groups excluding carboxylic acids is 2. The summed E-state index contributed by atoms with van der Waals surface area (Å²) in [5.41, 5.74) is 1.08. The number of nitrogens with zero attached hydrogens (tertiary/aromatic N) is 2. The summed E-state index contributed by atoms with van der Waals surface area (Å²) in [6, 6.07) is 14.7. The van der Waals surface area contributed by atoms with Crippen molar-refractivity contribution < 1.29 is 9.59 Å². The molecule has 3 aromatic rings. The molecule has 0 fully saturated rings. The van der Waals surface area contributed by atoms with Gasteiger partial charge in [0.1, 0.15) is 0 Å². The van der Waals surface area contributed by atoms with Crippen LogP contribution in [0.25, 0.3) is 21.5 Å². The van der Waals surface area contributed by atoms with Gasteiger partial charge in [0.25, 0.3) is 0 Å². The van der Waals surface area contributed by atoms with E-state index in [1.807, 2.05) is 48.5 Å². The number of hydrogen-bond acceptors (Lipinski definition) is 4. The van der Waals surface area contributed by atoms with Crippen molar-refractivity contribution in [3.8, 4) is 0 Å². The highest BCUT2D eigenvalue weighted by Crippen LogP contribution is 2.42. The molecule has 0 heterocycles. The maximum Gasteiger partial charge on any atom is 0.240 e. The fraction of sp³-hybridized carbons (Fsp3) is 0. The normalized spacial score (nSPS) is 10.0. The molecule has 0 bridgehead atoms. The monoisotopic (exact) mass is 260 g/mol. The molecule has 3 aromatic carbocycles. The summed E-state index contributed by atoms with van der Waals surface area (Å²) in [6.45, 7) is 0. The van der Waals surface area contributed by atoms with Crippen LogP contribution in [0.1, 0.15) is 0 Å². The highest BCUT2D eigenvalue weighted by atomic mass is 16.1. The molecule has 0 saturated carbocycles. The predicted molar refractivity (Wildman–Crippen MR) is 77.0 cm³/mol. The average molecular weight is 260 g/mol. The summed E-state index contributed by atoms with van der Waals surface area (Å²) in [7, 11) is 0.